The summed E-state index contributed by atoms with van der Waals surface area (Å²) in [5.74, 6) is 0.287. The molecule has 0 spiro atoms. The molecule has 2 aromatic rings. The van der Waals surface area contributed by atoms with Gasteiger partial charge >= 0.3 is 5.97 Å². The molecule has 122 valence electrons. The predicted molar refractivity (Wildman–Crippen MR) is 83.0 cm³/mol. The van der Waals surface area contributed by atoms with Crippen LogP contribution in [-0.4, -0.2) is 48.8 Å². The van der Waals surface area contributed by atoms with Gasteiger partial charge in [-0.15, -0.1) is 0 Å². The molecule has 3 rings (SSSR count). The lowest BCUT2D eigenvalue weighted by Gasteiger charge is -2.27. The van der Waals surface area contributed by atoms with Gasteiger partial charge in [0, 0.05) is 18.7 Å². The molecule has 0 radical (unpaired) electrons. The predicted octanol–water partition coefficient (Wildman–Crippen LogP) is 2.23. The number of carbonyl (C=O) groups is 1. The van der Waals surface area contributed by atoms with Crippen LogP contribution >= 0.6 is 0 Å². The summed E-state index contributed by atoms with van der Waals surface area (Å²) in [4.78, 5) is 21.7. The van der Waals surface area contributed by atoms with Crippen LogP contribution in [0.5, 0.6) is 0 Å². The number of nitrogens with zero attached hydrogens (tertiary/aromatic N) is 2. The highest BCUT2D eigenvalue weighted by Crippen LogP contribution is 2.25. The van der Waals surface area contributed by atoms with Gasteiger partial charge in [-0.25, -0.2) is 14.2 Å². The maximum atomic E-state index is 13.1. The average molecular weight is 319 g/mol. The van der Waals surface area contributed by atoms with Gasteiger partial charge in [0.25, 0.3) is 0 Å². The van der Waals surface area contributed by atoms with Crippen molar-refractivity contribution in [1.29, 1.82) is 0 Å². The first-order valence-corrected chi connectivity index (χ1v) is 7.55. The quantitative estimate of drug-likeness (QED) is 0.875. The number of rotatable bonds is 4. The Bertz CT molecular complexity index is 678. The maximum Gasteiger partial charge on any atom is 0.358 e. The Kier molecular flexibility index (Phi) is 4.57. The number of imidazole rings is 1. The number of benzene rings is 1. The zero-order chi connectivity index (χ0) is 16.2. The number of H-pyrrole nitrogens is 1. The summed E-state index contributed by atoms with van der Waals surface area (Å²) in [6.45, 7) is 4.51. The number of ether oxygens (including phenoxy) is 2. The van der Waals surface area contributed by atoms with E-state index in [1.807, 2.05) is 4.90 Å². The van der Waals surface area contributed by atoms with Crippen molar-refractivity contribution >= 4 is 11.8 Å². The van der Waals surface area contributed by atoms with Crippen molar-refractivity contribution in [1.82, 2.24) is 9.97 Å². The smallest absolute Gasteiger partial charge is 0.358 e. The number of aromatic amines is 1. The van der Waals surface area contributed by atoms with Crippen LogP contribution < -0.4 is 4.90 Å². The van der Waals surface area contributed by atoms with Crippen LogP contribution in [0.25, 0.3) is 11.4 Å². The highest BCUT2D eigenvalue weighted by atomic mass is 19.1. The minimum absolute atomic E-state index is 0.284. The number of hydrogen-bond donors (Lipinski definition) is 1. The first-order chi connectivity index (χ1) is 11.2. The Balaban J connectivity index is 1.98. The molecule has 0 atom stereocenters. The number of aromatic nitrogens is 2. The van der Waals surface area contributed by atoms with Gasteiger partial charge in [-0.1, -0.05) is 0 Å². The average Bonchev–Trinajstić information content (AvgIpc) is 3.02. The van der Waals surface area contributed by atoms with Crippen molar-refractivity contribution in [2.45, 2.75) is 6.92 Å². The summed E-state index contributed by atoms with van der Waals surface area (Å²) in [6.07, 6.45) is 0. The van der Waals surface area contributed by atoms with E-state index < -0.39 is 5.97 Å². The number of carbonyl (C=O) groups excluding carboxylic acids is 1. The zero-order valence-electron chi connectivity index (χ0n) is 12.8. The van der Waals surface area contributed by atoms with Gasteiger partial charge in [0.15, 0.2) is 11.5 Å². The van der Waals surface area contributed by atoms with Gasteiger partial charge in [-0.05, 0) is 31.2 Å². The standard InChI is InChI=1S/C16H18FN3O3/c1-2-23-16(21)13-15(20-7-9-22-10-8-20)19-14(18-13)11-3-5-12(17)6-4-11/h3-6H,2,7-10H2,1H3,(H,18,19). The van der Waals surface area contributed by atoms with Gasteiger partial charge < -0.3 is 19.4 Å². The normalized spacial score (nSPS) is 14.8. The van der Waals surface area contributed by atoms with Crippen molar-refractivity contribution in [3.05, 3.63) is 35.8 Å². The van der Waals surface area contributed by atoms with Gasteiger partial charge in [-0.3, -0.25) is 0 Å². The lowest BCUT2D eigenvalue weighted by Crippen LogP contribution is -2.37. The van der Waals surface area contributed by atoms with Crippen molar-refractivity contribution in [3.63, 3.8) is 0 Å². The monoisotopic (exact) mass is 319 g/mol. The van der Waals surface area contributed by atoms with E-state index in [-0.39, 0.29) is 12.4 Å². The molecule has 0 saturated carbocycles. The van der Waals surface area contributed by atoms with E-state index in [0.717, 1.165) is 0 Å². The van der Waals surface area contributed by atoms with Crippen LogP contribution in [0, 0.1) is 5.82 Å². The van der Waals surface area contributed by atoms with E-state index in [1.165, 1.54) is 12.1 Å². The number of morpholine rings is 1. The highest BCUT2D eigenvalue weighted by molar-refractivity contribution is 5.94. The molecule has 0 unspecified atom stereocenters. The number of hydrogen-bond acceptors (Lipinski definition) is 5. The van der Waals surface area contributed by atoms with Crippen molar-refractivity contribution in [3.8, 4) is 11.4 Å². The number of anilines is 1. The van der Waals surface area contributed by atoms with Gasteiger partial charge in [0.2, 0.25) is 0 Å². The molecule has 6 nitrogen and oxygen atoms in total. The largest absolute Gasteiger partial charge is 0.461 e. The molecule has 1 aliphatic heterocycles. The molecule has 1 N–H and O–H groups in total. The molecule has 2 heterocycles. The van der Waals surface area contributed by atoms with E-state index in [0.29, 0.717) is 49.2 Å². The van der Waals surface area contributed by atoms with E-state index in [2.05, 4.69) is 9.97 Å². The summed E-state index contributed by atoms with van der Waals surface area (Å²) >= 11 is 0. The minimum atomic E-state index is -0.449. The summed E-state index contributed by atoms with van der Waals surface area (Å²) < 4.78 is 23.5. The Hall–Kier alpha value is -2.41. The minimum Gasteiger partial charge on any atom is -0.461 e. The third kappa shape index (κ3) is 3.34. The summed E-state index contributed by atoms with van der Waals surface area (Å²) in [5, 5.41) is 0. The van der Waals surface area contributed by atoms with Crippen molar-refractivity contribution in [2.24, 2.45) is 0 Å². The first kappa shape index (κ1) is 15.5. The van der Waals surface area contributed by atoms with Crippen molar-refractivity contribution < 1.29 is 18.7 Å². The second-order valence-corrected chi connectivity index (χ2v) is 5.11. The third-order valence-electron chi connectivity index (χ3n) is 3.59. The van der Waals surface area contributed by atoms with Crippen LogP contribution in [0.1, 0.15) is 17.4 Å². The second kappa shape index (κ2) is 6.78. The zero-order valence-corrected chi connectivity index (χ0v) is 12.8. The third-order valence-corrected chi connectivity index (χ3v) is 3.59. The van der Waals surface area contributed by atoms with Crippen LogP contribution in [0.3, 0.4) is 0 Å². The lowest BCUT2D eigenvalue weighted by molar-refractivity contribution is 0.0520. The number of halogens is 1. The first-order valence-electron chi connectivity index (χ1n) is 7.55. The second-order valence-electron chi connectivity index (χ2n) is 5.11. The fraction of sp³-hybridized carbons (Fsp3) is 0.375. The molecule has 1 fully saturated rings. The number of nitrogens with one attached hydrogen (secondary N) is 1. The van der Waals surface area contributed by atoms with Crippen molar-refractivity contribution in [2.75, 3.05) is 37.8 Å². The molecule has 1 saturated heterocycles. The molecule has 0 bridgehead atoms. The van der Waals surface area contributed by atoms with E-state index >= 15 is 0 Å². The summed E-state index contributed by atoms with van der Waals surface area (Å²) in [6, 6.07) is 5.95. The van der Waals surface area contributed by atoms with E-state index in [1.54, 1.807) is 19.1 Å². The molecule has 1 aromatic heterocycles. The van der Waals surface area contributed by atoms with E-state index in [9.17, 15) is 9.18 Å². The Morgan fingerprint density at radius 2 is 2.04 bits per heavy atom. The lowest BCUT2D eigenvalue weighted by atomic mass is 10.2. The van der Waals surface area contributed by atoms with E-state index in [4.69, 9.17) is 9.47 Å². The van der Waals surface area contributed by atoms with Gasteiger partial charge in [0.1, 0.15) is 11.6 Å². The van der Waals surface area contributed by atoms with Crippen LogP contribution in [0.4, 0.5) is 10.2 Å². The highest BCUT2D eigenvalue weighted by Gasteiger charge is 2.25. The summed E-state index contributed by atoms with van der Waals surface area (Å²) in [7, 11) is 0. The van der Waals surface area contributed by atoms with Crippen LogP contribution in [0.15, 0.2) is 24.3 Å². The molecule has 0 aliphatic carbocycles. The molecule has 1 aromatic carbocycles. The number of esters is 1. The Labute approximate surface area is 133 Å². The van der Waals surface area contributed by atoms with Crippen LogP contribution in [0.2, 0.25) is 0 Å². The van der Waals surface area contributed by atoms with Gasteiger partial charge in [0.05, 0.1) is 19.8 Å². The SMILES string of the molecule is CCOC(=O)c1[nH]c(-c2ccc(F)cc2)nc1N1CCOCC1. The fourth-order valence-electron chi connectivity index (χ4n) is 2.46. The molecule has 0 amide bonds. The van der Waals surface area contributed by atoms with Gasteiger partial charge in [-0.2, -0.15) is 0 Å². The molecule has 23 heavy (non-hydrogen) atoms. The maximum absolute atomic E-state index is 13.1. The van der Waals surface area contributed by atoms with Crippen LogP contribution in [-0.2, 0) is 9.47 Å². The molecule has 7 heteroatoms. The molecule has 1 aliphatic rings. The molecular weight excluding hydrogens is 301 g/mol. The topological polar surface area (TPSA) is 67.5 Å². The Morgan fingerprint density at radius 1 is 1.35 bits per heavy atom. The summed E-state index contributed by atoms with van der Waals surface area (Å²) in [5.41, 5.74) is 1.02. The molecular formula is C16H18FN3O3. The Morgan fingerprint density at radius 3 is 2.70 bits per heavy atom. The fourth-order valence-corrected chi connectivity index (χ4v) is 2.46.